The van der Waals surface area contributed by atoms with Crippen molar-refractivity contribution in [1.29, 1.82) is 0 Å². The quantitative estimate of drug-likeness (QED) is 0.667. The molecule has 0 saturated carbocycles. The van der Waals surface area contributed by atoms with E-state index < -0.39 is 0 Å². The summed E-state index contributed by atoms with van der Waals surface area (Å²) >= 11 is 0. The van der Waals surface area contributed by atoms with Crippen LogP contribution in [0, 0.1) is 11.3 Å². The lowest BCUT2D eigenvalue weighted by Gasteiger charge is -2.30. The fourth-order valence-electron chi connectivity index (χ4n) is 1.21. The molecule has 1 nitrogen and oxygen atoms in total. The summed E-state index contributed by atoms with van der Waals surface area (Å²) in [6.07, 6.45) is 2.12. The van der Waals surface area contributed by atoms with Gasteiger partial charge < -0.3 is 5.11 Å². The van der Waals surface area contributed by atoms with E-state index in [9.17, 15) is 5.11 Å². The van der Waals surface area contributed by atoms with Gasteiger partial charge in [-0.3, -0.25) is 0 Å². The van der Waals surface area contributed by atoms with Gasteiger partial charge in [0.1, 0.15) is 0 Å². The van der Waals surface area contributed by atoms with Gasteiger partial charge in [-0.25, -0.2) is 0 Å². The van der Waals surface area contributed by atoms with Gasteiger partial charge in [0.25, 0.3) is 0 Å². The highest BCUT2D eigenvalue weighted by atomic mass is 16.3. The molecule has 68 valence electrons. The Bertz CT molecular complexity index is 105. The first-order valence-electron chi connectivity index (χ1n) is 4.58. The summed E-state index contributed by atoms with van der Waals surface area (Å²) in [5.41, 5.74) is 0.0788. The van der Waals surface area contributed by atoms with Crippen LogP contribution in [0.25, 0.3) is 0 Å². The van der Waals surface area contributed by atoms with Gasteiger partial charge in [-0.2, -0.15) is 0 Å². The summed E-state index contributed by atoms with van der Waals surface area (Å²) in [4.78, 5) is 0. The molecule has 2 atom stereocenters. The van der Waals surface area contributed by atoms with Crippen LogP contribution in [0.15, 0.2) is 0 Å². The van der Waals surface area contributed by atoms with E-state index in [0.29, 0.717) is 0 Å². The summed E-state index contributed by atoms with van der Waals surface area (Å²) in [6, 6.07) is 0. The number of hydrogen-bond donors (Lipinski definition) is 1. The van der Waals surface area contributed by atoms with Crippen molar-refractivity contribution >= 4 is 0 Å². The Kier molecular flexibility index (Phi) is 4.09. The number of hydrogen-bond acceptors (Lipinski definition) is 1. The Balaban J connectivity index is 3.90. The van der Waals surface area contributed by atoms with Gasteiger partial charge in [0.15, 0.2) is 0 Å². The third-order valence-electron chi connectivity index (χ3n) is 2.70. The average Bonchev–Trinajstić information content (AvgIpc) is 1.86. The normalized spacial score (nSPS) is 18.0. The highest BCUT2D eigenvalue weighted by Crippen LogP contribution is 2.30. The van der Waals surface area contributed by atoms with Crippen LogP contribution >= 0.6 is 0 Å². The van der Waals surface area contributed by atoms with E-state index in [-0.39, 0.29) is 11.5 Å². The van der Waals surface area contributed by atoms with Gasteiger partial charge in [-0.1, -0.05) is 34.1 Å². The molecule has 0 amide bonds. The van der Waals surface area contributed by atoms with Gasteiger partial charge in [0, 0.05) is 0 Å². The summed E-state index contributed by atoms with van der Waals surface area (Å²) in [6.45, 7) is 10.6. The molecule has 0 radical (unpaired) electrons. The van der Waals surface area contributed by atoms with Crippen LogP contribution in [0.1, 0.15) is 47.5 Å². The third-order valence-corrected chi connectivity index (χ3v) is 2.70. The van der Waals surface area contributed by atoms with Gasteiger partial charge in [0.05, 0.1) is 6.10 Å². The molecular formula is C10H22O. The average molecular weight is 158 g/mol. The van der Waals surface area contributed by atoms with Crippen molar-refractivity contribution in [3.63, 3.8) is 0 Å². The summed E-state index contributed by atoms with van der Waals surface area (Å²) in [7, 11) is 0. The number of aliphatic hydroxyl groups is 1. The zero-order valence-electron chi connectivity index (χ0n) is 8.52. The predicted molar refractivity (Wildman–Crippen MR) is 49.5 cm³/mol. The van der Waals surface area contributed by atoms with Gasteiger partial charge in [-0.05, 0) is 24.7 Å². The van der Waals surface area contributed by atoms with Crippen molar-refractivity contribution in [2.45, 2.75) is 53.6 Å². The highest BCUT2D eigenvalue weighted by molar-refractivity contribution is 4.76. The first kappa shape index (κ1) is 11.0. The maximum absolute atomic E-state index is 9.42. The summed E-state index contributed by atoms with van der Waals surface area (Å²) in [5.74, 6) is 0.722. The van der Waals surface area contributed by atoms with Crippen LogP contribution in [-0.2, 0) is 0 Å². The van der Waals surface area contributed by atoms with Crippen LogP contribution in [0.4, 0.5) is 0 Å². The minimum atomic E-state index is -0.198. The highest BCUT2D eigenvalue weighted by Gasteiger charge is 2.25. The second kappa shape index (κ2) is 4.10. The van der Waals surface area contributed by atoms with E-state index in [4.69, 9.17) is 0 Å². The molecule has 0 spiro atoms. The molecule has 0 heterocycles. The van der Waals surface area contributed by atoms with Gasteiger partial charge >= 0.3 is 0 Å². The van der Waals surface area contributed by atoms with Crippen LogP contribution in [-0.4, -0.2) is 11.2 Å². The van der Waals surface area contributed by atoms with Crippen molar-refractivity contribution in [3.05, 3.63) is 0 Å². The van der Waals surface area contributed by atoms with Crippen molar-refractivity contribution in [3.8, 4) is 0 Å². The van der Waals surface area contributed by atoms with Gasteiger partial charge in [-0.15, -0.1) is 0 Å². The second-order valence-corrected chi connectivity index (χ2v) is 4.38. The Labute approximate surface area is 70.8 Å². The zero-order chi connectivity index (χ0) is 9.07. The molecule has 0 aliphatic rings. The Hall–Kier alpha value is -0.0400. The molecule has 0 aromatic heterocycles. The molecule has 0 aromatic rings. The van der Waals surface area contributed by atoms with Crippen LogP contribution < -0.4 is 0 Å². The van der Waals surface area contributed by atoms with Crippen LogP contribution in [0.5, 0.6) is 0 Å². The standard InChI is InChI=1S/C10H22O/c1-6-8(2)7-10(4,5)9(3)11/h8-9,11H,6-7H2,1-5H3. The second-order valence-electron chi connectivity index (χ2n) is 4.38. The van der Waals surface area contributed by atoms with Crippen LogP contribution in [0.3, 0.4) is 0 Å². The van der Waals surface area contributed by atoms with Crippen molar-refractivity contribution in [2.24, 2.45) is 11.3 Å². The molecule has 0 aliphatic carbocycles. The smallest absolute Gasteiger partial charge is 0.0563 e. The number of aliphatic hydroxyl groups excluding tert-OH is 1. The first-order valence-corrected chi connectivity index (χ1v) is 4.58. The molecule has 0 bridgehead atoms. The molecule has 0 aromatic carbocycles. The lowest BCUT2D eigenvalue weighted by Crippen LogP contribution is -2.28. The van der Waals surface area contributed by atoms with Crippen molar-refractivity contribution < 1.29 is 5.11 Å². The maximum atomic E-state index is 9.42. The topological polar surface area (TPSA) is 20.2 Å². The molecule has 0 aliphatic heterocycles. The predicted octanol–water partition coefficient (Wildman–Crippen LogP) is 2.83. The minimum Gasteiger partial charge on any atom is -0.393 e. The minimum absolute atomic E-state index is 0.0788. The van der Waals surface area contributed by atoms with Crippen molar-refractivity contribution in [1.82, 2.24) is 0 Å². The maximum Gasteiger partial charge on any atom is 0.0563 e. The lowest BCUT2D eigenvalue weighted by molar-refractivity contribution is 0.0481. The monoisotopic (exact) mass is 158 g/mol. The first-order chi connectivity index (χ1) is 4.90. The summed E-state index contributed by atoms with van der Waals surface area (Å²) in [5, 5.41) is 9.42. The van der Waals surface area contributed by atoms with Crippen molar-refractivity contribution in [2.75, 3.05) is 0 Å². The molecular weight excluding hydrogens is 136 g/mol. The van der Waals surface area contributed by atoms with E-state index >= 15 is 0 Å². The SMILES string of the molecule is CCC(C)CC(C)(C)C(C)O. The third kappa shape index (κ3) is 3.76. The molecule has 0 saturated heterocycles. The Morgan fingerprint density at radius 3 is 2.00 bits per heavy atom. The Morgan fingerprint density at radius 1 is 1.27 bits per heavy atom. The fourth-order valence-corrected chi connectivity index (χ4v) is 1.21. The van der Waals surface area contributed by atoms with Gasteiger partial charge in [0.2, 0.25) is 0 Å². The lowest BCUT2D eigenvalue weighted by atomic mass is 9.78. The summed E-state index contributed by atoms with van der Waals surface area (Å²) < 4.78 is 0. The molecule has 2 unspecified atom stereocenters. The molecule has 11 heavy (non-hydrogen) atoms. The van der Waals surface area contributed by atoms with E-state index in [1.165, 1.54) is 6.42 Å². The number of rotatable bonds is 4. The van der Waals surface area contributed by atoms with E-state index in [1.807, 2.05) is 6.92 Å². The zero-order valence-corrected chi connectivity index (χ0v) is 8.52. The van der Waals surface area contributed by atoms with Crippen LogP contribution in [0.2, 0.25) is 0 Å². The van der Waals surface area contributed by atoms with E-state index in [0.717, 1.165) is 12.3 Å². The van der Waals surface area contributed by atoms with E-state index in [1.54, 1.807) is 0 Å². The molecule has 1 heteroatoms. The largest absolute Gasteiger partial charge is 0.393 e. The fraction of sp³-hybridized carbons (Fsp3) is 1.00. The molecule has 1 N–H and O–H groups in total. The Morgan fingerprint density at radius 2 is 1.73 bits per heavy atom. The molecule has 0 fully saturated rings. The molecule has 0 rings (SSSR count). The van der Waals surface area contributed by atoms with E-state index in [2.05, 4.69) is 27.7 Å².